The first-order chi connectivity index (χ1) is 7.40. The monoisotopic (exact) mass is 207 g/mol. The molecule has 0 bridgehead atoms. The van der Waals surface area contributed by atoms with E-state index in [1.165, 1.54) is 37.7 Å². The van der Waals surface area contributed by atoms with Gasteiger partial charge in [-0.25, -0.2) is 0 Å². The summed E-state index contributed by atoms with van der Waals surface area (Å²) in [7, 11) is 0. The molecule has 0 amide bonds. The second kappa shape index (κ2) is 5.31. The predicted molar refractivity (Wildman–Crippen MR) is 61.7 cm³/mol. The topological polar surface area (TPSA) is 29.9 Å². The summed E-state index contributed by atoms with van der Waals surface area (Å²) < 4.78 is 2.17. The maximum atomic E-state index is 4.47. The van der Waals surface area contributed by atoms with Gasteiger partial charge in [-0.1, -0.05) is 26.2 Å². The van der Waals surface area contributed by atoms with Gasteiger partial charge in [0.1, 0.15) is 0 Å². The zero-order chi connectivity index (χ0) is 10.5. The number of aromatic nitrogens is 2. The van der Waals surface area contributed by atoms with Gasteiger partial charge in [0.2, 0.25) is 0 Å². The molecule has 0 atom stereocenters. The highest BCUT2D eigenvalue weighted by Crippen LogP contribution is 2.27. The molecule has 0 spiro atoms. The second-order valence-electron chi connectivity index (χ2n) is 4.40. The summed E-state index contributed by atoms with van der Waals surface area (Å²) in [5.74, 6) is 0. The number of hydrogen-bond acceptors (Lipinski definition) is 2. The van der Waals surface area contributed by atoms with Gasteiger partial charge in [0.15, 0.2) is 0 Å². The third-order valence-corrected chi connectivity index (χ3v) is 3.18. The Bertz CT molecular complexity index is 287. The molecular formula is C12H21N3. The van der Waals surface area contributed by atoms with Crippen LogP contribution in [0.5, 0.6) is 0 Å². The zero-order valence-electron chi connectivity index (χ0n) is 9.58. The Morgan fingerprint density at radius 3 is 2.93 bits per heavy atom. The fraction of sp³-hybridized carbons (Fsp3) is 0.750. The maximum absolute atomic E-state index is 4.47. The van der Waals surface area contributed by atoms with Crippen LogP contribution >= 0.6 is 0 Å². The van der Waals surface area contributed by atoms with E-state index in [0.717, 1.165) is 13.1 Å². The summed E-state index contributed by atoms with van der Waals surface area (Å²) in [6.07, 6.45) is 11.0. The lowest BCUT2D eigenvalue weighted by molar-refractivity contribution is 0.329. The van der Waals surface area contributed by atoms with Crippen molar-refractivity contribution in [1.29, 1.82) is 0 Å². The van der Waals surface area contributed by atoms with Gasteiger partial charge in [-0.05, 0) is 19.4 Å². The number of nitrogens with zero attached hydrogens (tertiary/aromatic N) is 2. The highest BCUT2D eigenvalue weighted by Gasteiger charge is 2.15. The van der Waals surface area contributed by atoms with Crippen LogP contribution in [0.1, 0.15) is 50.6 Å². The molecule has 1 fully saturated rings. The summed E-state index contributed by atoms with van der Waals surface area (Å²) >= 11 is 0. The van der Waals surface area contributed by atoms with Crippen molar-refractivity contribution in [3.63, 3.8) is 0 Å². The minimum atomic E-state index is 0.661. The molecule has 2 rings (SSSR count). The summed E-state index contributed by atoms with van der Waals surface area (Å²) in [5.41, 5.74) is 1.31. The second-order valence-corrected chi connectivity index (χ2v) is 4.40. The molecule has 1 aliphatic rings. The Labute approximate surface area is 91.9 Å². The van der Waals surface area contributed by atoms with Gasteiger partial charge in [-0.2, -0.15) is 5.10 Å². The Morgan fingerprint density at radius 1 is 1.40 bits per heavy atom. The molecule has 1 N–H and O–H groups in total. The Balaban J connectivity index is 1.93. The standard InChI is InChI=1S/C12H21N3/c1-2-13-8-11-9-14-15(10-11)12-6-4-3-5-7-12/h9-10,12-13H,2-8H2,1H3. The lowest BCUT2D eigenvalue weighted by atomic mass is 9.96. The normalized spacial score (nSPS) is 18.2. The van der Waals surface area contributed by atoms with Gasteiger partial charge in [0.05, 0.1) is 12.2 Å². The summed E-state index contributed by atoms with van der Waals surface area (Å²) in [5, 5.41) is 7.80. The highest BCUT2D eigenvalue weighted by atomic mass is 15.3. The van der Waals surface area contributed by atoms with E-state index < -0.39 is 0 Å². The first kappa shape index (κ1) is 10.7. The van der Waals surface area contributed by atoms with E-state index >= 15 is 0 Å². The molecule has 0 aliphatic heterocycles. The van der Waals surface area contributed by atoms with Crippen molar-refractivity contribution in [3.05, 3.63) is 18.0 Å². The van der Waals surface area contributed by atoms with Gasteiger partial charge in [0.25, 0.3) is 0 Å². The molecule has 0 aromatic carbocycles. The van der Waals surface area contributed by atoms with E-state index in [4.69, 9.17) is 0 Å². The van der Waals surface area contributed by atoms with Crippen LogP contribution < -0.4 is 5.32 Å². The SMILES string of the molecule is CCNCc1cnn(C2CCCCC2)c1. The molecule has 1 aliphatic carbocycles. The van der Waals surface area contributed by atoms with E-state index in [1.54, 1.807) is 0 Å². The highest BCUT2D eigenvalue weighted by molar-refractivity contribution is 5.04. The molecule has 1 aromatic heterocycles. The van der Waals surface area contributed by atoms with E-state index in [-0.39, 0.29) is 0 Å². The fourth-order valence-electron chi connectivity index (χ4n) is 2.28. The molecule has 15 heavy (non-hydrogen) atoms. The maximum Gasteiger partial charge on any atom is 0.0534 e. The van der Waals surface area contributed by atoms with Crippen molar-refractivity contribution in [2.45, 2.75) is 51.6 Å². The van der Waals surface area contributed by atoms with Crippen molar-refractivity contribution in [1.82, 2.24) is 15.1 Å². The minimum Gasteiger partial charge on any atom is -0.313 e. The lowest BCUT2D eigenvalue weighted by Gasteiger charge is -2.21. The largest absolute Gasteiger partial charge is 0.313 e. The van der Waals surface area contributed by atoms with E-state index in [1.807, 2.05) is 6.20 Å². The molecule has 1 aromatic rings. The van der Waals surface area contributed by atoms with Crippen LogP contribution in [0.2, 0.25) is 0 Å². The Morgan fingerprint density at radius 2 is 2.20 bits per heavy atom. The van der Waals surface area contributed by atoms with E-state index in [2.05, 4.69) is 28.2 Å². The van der Waals surface area contributed by atoms with Crippen molar-refractivity contribution in [2.75, 3.05) is 6.54 Å². The third kappa shape index (κ3) is 2.81. The molecule has 0 unspecified atom stereocenters. The number of nitrogens with one attached hydrogen (secondary N) is 1. The third-order valence-electron chi connectivity index (χ3n) is 3.18. The quantitative estimate of drug-likeness (QED) is 0.822. The summed E-state index contributed by atoms with van der Waals surface area (Å²) in [6.45, 7) is 4.10. The van der Waals surface area contributed by atoms with E-state index in [0.29, 0.717) is 6.04 Å². The van der Waals surface area contributed by atoms with Crippen molar-refractivity contribution < 1.29 is 0 Å². The minimum absolute atomic E-state index is 0.661. The van der Waals surface area contributed by atoms with Crippen LogP contribution in [0, 0.1) is 0 Å². The predicted octanol–water partition coefficient (Wildman–Crippen LogP) is 2.50. The zero-order valence-corrected chi connectivity index (χ0v) is 9.58. The van der Waals surface area contributed by atoms with Crippen LogP contribution in [-0.4, -0.2) is 16.3 Å². The Hall–Kier alpha value is -0.830. The lowest BCUT2D eigenvalue weighted by Crippen LogP contribution is -2.13. The molecule has 84 valence electrons. The molecule has 1 heterocycles. The summed E-state index contributed by atoms with van der Waals surface area (Å²) in [6, 6.07) is 0.661. The average Bonchev–Trinajstić information content (AvgIpc) is 2.76. The van der Waals surface area contributed by atoms with Crippen molar-refractivity contribution in [2.24, 2.45) is 0 Å². The molecule has 0 saturated heterocycles. The van der Waals surface area contributed by atoms with E-state index in [9.17, 15) is 0 Å². The smallest absolute Gasteiger partial charge is 0.0534 e. The van der Waals surface area contributed by atoms with Crippen LogP contribution in [0.15, 0.2) is 12.4 Å². The van der Waals surface area contributed by atoms with Crippen molar-refractivity contribution in [3.8, 4) is 0 Å². The molecule has 0 radical (unpaired) electrons. The van der Waals surface area contributed by atoms with Crippen LogP contribution in [-0.2, 0) is 6.54 Å². The van der Waals surface area contributed by atoms with Crippen LogP contribution in [0.25, 0.3) is 0 Å². The van der Waals surface area contributed by atoms with Crippen LogP contribution in [0.4, 0.5) is 0 Å². The fourth-order valence-corrected chi connectivity index (χ4v) is 2.28. The molecule has 1 saturated carbocycles. The van der Waals surface area contributed by atoms with Gasteiger partial charge in [-0.15, -0.1) is 0 Å². The summed E-state index contributed by atoms with van der Waals surface area (Å²) in [4.78, 5) is 0. The Kier molecular flexibility index (Phi) is 3.78. The average molecular weight is 207 g/mol. The van der Waals surface area contributed by atoms with Gasteiger partial charge < -0.3 is 5.32 Å². The number of rotatable bonds is 4. The van der Waals surface area contributed by atoms with Gasteiger partial charge in [-0.3, -0.25) is 4.68 Å². The number of hydrogen-bond donors (Lipinski definition) is 1. The molecular weight excluding hydrogens is 186 g/mol. The van der Waals surface area contributed by atoms with Gasteiger partial charge >= 0.3 is 0 Å². The molecule has 3 heteroatoms. The first-order valence-electron chi connectivity index (χ1n) is 6.14. The first-order valence-corrected chi connectivity index (χ1v) is 6.14. The molecule has 3 nitrogen and oxygen atoms in total. The van der Waals surface area contributed by atoms with Crippen molar-refractivity contribution >= 4 is 0 Å². The van der Waals surface area contributed by atoms with Crippen LogP contribution in [0.3, 0.4) is 0 Å². The van der Waals surface area contributed by atoms with Gasteiger partial charge in [0, 0.05) is 18.3 Å².